The molecule has 3 aromatic rings. The van der Waals surface area contributed by atoms with Crippen LogP contribution < -0.4 is 9.47 Å². The molecule has 0 amide bonds. The van der Waals surface area contributed by atoms with Crippen LogP contribution >= 0.6 is 11.6 Å². The number of hydrogen-bond acceptors (Lipinski definition) is 6. The second kappa shape index (κ2) is 8.31. The minimum atomic E-state index is -0.117. The Morgan fingerprint density at radius 1 is 1.25 bits per heavy atom. The van der Waals surface area contributed by atoms with Gasteiger partial charge in [-0.25, -0.2) is 9.97 Å². The maximum absolute atomic E-state index is 6.39. The fourth-order valence-corrected chi connectivity index (χ4v) is 3.51. The Morgan fingerprint density at radius 2 is 2.14 bits per heavy atom. The molecule has 1 fully saturated rings. The summed E-state index contributed by atoms with van der Waals surface area (Å²) < 4.78 is 22.9. The lowest BCUT2D eigenvalue weighted by molar-refractivity contribution is -0.101. The van der Waals surface area contributed by atoms with Crippen LogP contribution in [-0.4, -0.2) is 49.6 Å². The van der Waals surface area contributed by atoms with E-state index in [-0.39, 0.29) is 6.10 Å². The maximum atomic E-state index is 6.39. The molecule has 28 heavy (non-hydrogen) atoms. The number of aromatic nitrogens is 2. The van der Waals surface area contributed by atoms with Gasteiger partial charge in [-0.15, -0.1) is 0 Å². The predicted octanol–water partition coefficient (Wildman–Crippen LogP) is 4.06. The average molecular weight is 401 g/mol. The Morgan fingerprint density at radius 3 is 2.93 bits per heavy atom. The Labute approximate surface area is 168 Å². The first-order valence-corrected chi connectivity index (χ1v) is 9.45. The van der Waals surface area contributed by atoms with Crippen molar-refractivity contribution in [1.29, 1.82) is 0 Å². The molecule has 1 saturated heterocycles. The summed E-state index contributed by atoms with van der Waals surface area (Å²) in [5.41, 5.74) is 3.51. The summed E-state index contributed by atoms with van der Waals surface area (Å²) >= 11 is 6.39. The molecule has 4 rings (SSSR count). The highest BCUT2D eigenvalue weighted by atomic mass is 35.5. The topological polar surface area (TPSA) is 62.7 Å². The summed E-state index contributed by atoms with van der Waals surface area (Å²) in [6.45, 7) is 4.05. The molecule has 1 aliphatic heterocycles. The zero-order valence-electron chi connectivity index (χ0n) is 15.8. The van der Waals surface area contributed by atoms with Gasteiger partial charge in [-0.05, 0) is 24.1 Å². The molecule has 0 unspecified atom stereocenters. The van der Waals surface area contributed by atoms with E-state index in [4.69, 9.17) is 30.5 Å². The SMILES string of the molecule is COc1cc(OC[C@@H]2COCCO2)c(-c2cccc(Cl)c2C)c2ncncc12. The third-order valence-corrected chi connectivity index (χ3v) is 5.20. The lowest BCUT2D eigenvalue weighted by Crippen LogP contribution is -2.33. The normalized spacial score (nSPS) is 16.9. The maximum Gasteiger partial charge on any atom is 0.133 e. The molecule has 7 heteroatoms. The molecule has 0 saturated carbocycles. The van der Waals surface area contributed by atoms with E-state index in [2.05, 4.69) is 9.97 Å². The van der Waals surface area contributed by atoms with Crippen molar-refractivity contribution in [2.45, 2.75) is 13.0 Å². The van der Waals surface area contributed by atoms with Crippen molar-refractivity contribution in [3.8, 4) is 22.6 Å². The van der Waals surface area contributed by atoms with E-state index in [9.17, 15) is 0 Å². The molecule has 0 N–H and O–H groups in total. The highest BCUT2D eigenvalue weighted by molar-refractivity contribution is 6.31. The van der Waals surface area contributed by atoms with Crippen LogP contribution in [0.5, 0.6) is 11.5 Å². The molecular weight excluding hydrogens is 380 g/mol. The second-order valence-corrected chi connectivity index (χ2v) is 6.94. The van der Waals surface area contributed by atoms with E-state index in [1.54, 1.807) is 13.3 Å². The molecule has 1 aromatic heterocycles. The van der Waals surface area contributed by atoms with Gasteiger partial charge in [-0.3, -0.25) is 0 Å². The molecule has 0 spiro atoms. The number of hydrogen-bond donors (Lipinski definition) is 0. The van der Waals surface area contributed by atoms with Crippen molar-refractivity contribution in [3.05, 3.63) is 47.4 Å². The zero-order valence-corrected chi connectivity index (χ0v) is 16.5. The highest BCUT2D eigenvalue weighted by Gasteiger charge is 2.21. The van der Waals surface area contributed by atoms with Crippen LogP contribution in [0.1, 0.15) is 5.56 Å². The quantitative estimate of drug-likeness (QED) is 0.643. The average Bonchev–Trinajstić information content (AvgIpc) is 2.74. The van der Waals surface area contributed by atoms with Gasteiger partial charge in [0, 0.05) is 17.3 Å². The first-order valence-electron chi connectivity index (χ1n) is 9.07. The van der Waals surface area contributed by atoms with Gasteiger partial charge in [0.25, 0.3) is 0 Å². The molecule has 2 aromatic carbocycles. The van der Waals surface area contributed by atoms with Crippen molar-refractivity contribution in [3.63, 3.8) is 0 Å². The first kappa shape index (κ1) is 18.9. The summed E-state index contributed by atoms with van der Waals surface area (Å²) in [4.78, 5) is 8.67. The van der Waals surface area contributed by atoms with Gasteiger partial charge in [-0.2, -0.15) is 0 Å². The van der Waals surface area contributed by atoms with Gasteiger partial charge < -0.3 is 18.9 Å². The van der Waals surface area contributed by atoms with E-state index in [1.807, 2.05) is 31.2 Å². The van der Waals surface area contributed by atoms with E-state index in [0.717, 1.165) is 27.6 Å². The molecule has 0 radical (unpaired) electrons. The molecule has 2 heterocycles. The van der Waals surface area contributed by atoms with Gasteiger partial charge in [-0.1, -0.05) is 23.7 Å². The molecule has 146 valence electrons. The predicted molar refractivity (Wildman–Crippen MR) is 107 cm³/mol. The van der Waals surface area contributed by atoms with Crippen LogP contribution in [0.4, 0.5) is 0 Å². The van der Waals surface area contributed by atoms with Crippen molar-refractivity contribution >= 4 is 22.5 Å². The van der Waals surface area contributed by atoms with Crippen LogP contribution in [0.15, 0.2) is 36.8 Å². The van der Waals surface area contributed by atoms with Gasteiger partial charge in [0.05, 0.1) is 43.4 Å². The number of rotatable bonds is 5. The fraction of sp³-hybridized carbons (Fsp3) is 0.333. The zero-order chi connectivity index (χ0) is 19.5. The number of nitrogens with zero attached hydrogens (tertiary/aromatic N) is 2. The standard InChI is InChI=1S/C21H21ClN2O4/c1-13-15(4-3-5-17(13)22)20-19(28-11-14-10-26-6-7-27-14)8-18(25-2)16-9-23-12-24-21(16)20/h3-5,8-9,12,14H,6-7,10-11H2,1-2H3/t14-/m0/s1. The van der Waals surface area contributed by atoms with Crippen LogP contribution in [0, 0.1) is 6.92 Å². The van der Waals surface area contributed by atoms with Gasteiger partial charge in [0.1, 0.15) is 30.5 Å². The summed E-state index contributed by atoms with van der Waals surface area (Å²) in [6.07, 6.45) is 3.15. The van der Waals surface area contributed by atoms with Crippen LogP contribution in [0.25, 0.3) is 22.0 Å². The molecule has 1 atom stereocenters. The van der Waals surface area contributed by atoms with E-state index in [1.165, 1.54) is 6.33 Å². The van der Waals surface area contributed by atoms with Crippen molar-refractivity contribution < 1.29 is 18.9 Å². The van der Waals surface area contributed by atoms with Gasteiger partial charge in [0.15, 0.2) is 0 Å². The van der Waals surface area contributed by atoms with Gasteiger partial charge in [0.2, 0.25) is 0 Å². The molecule has 0 bridgehead atoms. The summed E-state index contributed by atoms with van der Waals surface area (Å²) in [6, 6.07) is 7.67. The van der Waals surface area contributed by atoms with Crippen molar-refractivity contribution in [1.82, 2.24) is 9.97 Å². The Hall–Kier alpha value is -2.41. The minimum Gasteiger partial charge on any atom is -0.496 e. The molecule has 0 aliphatic carbocycles. The number of fused-ring (bicyclic) bond motifs is 1. The van der Waals surface area contributed by atoms with Gasteiger partial charge >= 0.3 is 0 Å². The Balaban J connectivity index is 1.85. The third-order valence-electron chi connectivity index (χ3n) is 4.79. The largest absolute Gasteiger partial charge is 0.496 e. The Kier molecular flexibility index (Phi) is 5.62. The summed E-state index contributed by atoms with van der Waals surface area (Å²) in [5.74, 6) is 1.30. The lowest BCUT2D eigenvalue weighted by atomic mass is 9.96. The van der Waals surface area contributed by atoms with Crippen LogP contribution in [0.2, 0.25) is 5.02 Å². The van der Waals surface area contributed by atoms with Crippen molar-refractivity contribution in [2.75, 3.05) is 33.5 Å². The highest BCUT2D eigenvalue weighted by Crippen LogP contribution is 2.43. The van der Waals surface area contributed by atoms with E-state index < -0.39 is 0 Å². The van der Waals surface area contributed by atoms with E-state index >= 15 is 0 Å². The molecule has 1 aliphatic rings. The first-order chi connectivity index (χ1) is 13.7. The van der Waals surface area contributed by atoms with Crippen molar-refractivity contribution in [2.24, 2.45) is 0 Å². The Bertz CT molecular complexity index is 990. The van der Waals surface area contributed by atoms with Crippen LogP contribution in [-0.2, 0) is 9.47 Å². The molecular formula is C21H21ClN2O4. The summed E-state index contributed by atoms with van der Waals surface area (Å²) in [7, 11) is 1.62. The molecule has 6 nitrogen and oxygen atoms in total. The third kappa shape index (κ3) is 3.63. The smallest absolute Gasteiger partial charge is 0.133 e. The fourth-order valence-electron chi connectivity index (χ4n) is 3.33. The lowest BCUT2D eigenvalue weighted by Gasteiger charge is -2.24. The number of halogens is 1. The monoisotopic (exact) mass is 400 g/mol. The minimum absolute atomic E-state index is 0.117. The summed E-state index contributed by atoms with van der Waals surface area (Å²) in [5, 5.41) is 1.49. The second-order valence-electron chi connectivity index (χ2n) is 6.53. The number of ether oxygens (including phenoxy) is 4. The number of benzene rings is 2. The van der Waals surface area contributed by atoms with E-state index in [0.29, 0.717) is 42.9 Å². The number of methoxy groups -OCH3 is 1. The van der Waals surface area contributed by atoms with Crippen LogP contribution in [0.3, 0.4) is 0 Å².